The second-order valence-corrected chi connectivity index (χ2v) is 4.72. The molecule has 1 aliphatic heterocycles. The zero-order valence-electron chi connectivity index (χ0n) is 9.03. The molecule has 1 aliphatic rings. The second-order valence-electron chi connectivity index (χ2n) is 3.97. The molecule has 1 aromatic heterocycles. The van der Waals surface area contributed by atoms with E-state index in [-0.39, 0.29) is 5.82 Å². The first kappa shape index (κ1) is 10.7. The summed E-state index contributed by atoms with van der Waals surface area (Å²) in [5, 5.41) is 0. The summed E-state index contributed by atoms with van der Waals surface area (Å²) < 4.78 is 16.4. The molecule has 0 N–H and O–H groups in total. The summed E-state index contributed by atoms with van der Waals surface area (Å²) in [6.45, 7) is 1.66. The van der Waals surface area contributed by atoms with Crippen LogP contribution in [0, 0.1) is 5.82 Å². The van der Waals surface area contributed by atoms with Crippen molar-refractivity contribution in [2.75, 3.05) is 6.54 Å². The summed E-state index contributed by atoms with van der Waals surface area (Å²) in [6.07, 6.45) is 1.86. The number of hydrogen-bond acceptors (Lipinski definition) is 1. The largest absolute Gasteiger partial charge is 0.332 e. The van der Waals surface area contributed by atoms with Gasteiger partial charge in [0.1, 0.15) is 5.82 Å². The quantitative estimate of drug-likeness (QED) is 0.766. The van der Waals surface area contributed by atoms with Gasteiger partial charge >= 0.3 is 0 Å². The van der Waals surface area contributed by atoms with E-state index in [9.17, 15) is 4.39 Å². The molecule has 4 heteroatoms. The topological polar surface area (TPSA) is 17.3 Å². The van der Waals surface area contributed by atoms with Crippen molar-refractivity contribution in [2.24, 2.45) is 4.99 Å². The van der Waals surface area contributed by atoms with Gasteiger partial charge in [0, 0.05) is 18.3 Å². The maximum atomic E-state index is 13.2. The SMILES string of the molecule is Fc1cccc(-c2cc3n(c2Br)CCN=C3)c1. The molecule has 0 unspecified atom stereocenters. The van der Waals surface area contributed by atoms with Crippen LogP contribution >= 0.6 is 15.9 Å². The first-order valence-electron chi connectivity index (χ1n) is 5.40. The van der Waals surface area contributed by atoms with E-state index in [2.05, 4.69) is 25.5 Å². The Morgan fingerprint density at radius 1 is 1.29 bits per heavy atom. The number of nitrogens with zero attached hydrogens (tertiary/aromatic N) is 2. The Balaban J connectivity index is 2.16. The van der Waals surface area contributed by atoms with Crippen LogP contribution in [0.2, 0.25) is 0 Å². The van der Waals surface area contributed by atoms with Gasteiger partial charge in [-0.15, -0.1) is 0 Å². The summed E-state index contributed by atoms with van der Waals surface area (Å²) in [7, 11) is 0. The lowest BCUT2D eigenvalue weighted by Crippen LogP contribution is -2.10. The van der Waals surface area contributed by atoms with Crippen molar-refractivity contribution < 1.29 is 4.39 Å². The molecule has 0 saturated heterocycles. The highest BCUT2D eigenvalue weighted by Gasteiger charge is 2.15. The van der Waals surface area contributed by atoms with Crippen molar-refractivity contribution in [1.29, 1.82) is 0 Å². The predicted octanol–water partition coefficient (Wildman–Crippen LogP) is 3.49. The average molecular weight is 293 g/mol. The molecule has 86 valence electrons. The predicted molar refractivity (Wildman–Crippen MR) is 70.0 cm³/mol. The highest BCUT2D eigenvalue weighted by molar-refractivity contribution is 9.10. The summed E-state index contributed by atoms with van der Waals surface area (Å²) >= 11 is 3.58. The fraction of sp³-hybridized carbons (Fsp3) is 0.154. The van der Waals surface area contributed by atoms with Crippen molar-refractivity contribution in [3.05, 3.63) is 46.4 Å². The van der Waals surface area contributed by atoms with Gasteiger partial charge in [0.25, 0.3) is 0 Å². The van der Waals surface area contributed by atoms with Crippen LogP contribution in [0.25, 0.3) is 11.1 Å². The smallest absolute Gasteiger partial charge is 0.123 e. The Morgan fingerprint density at radius 2 is 2.18 bits per heavy atom. The Morgan fingerprint density at radius 3 is 2.94 bits per heavy atom. The minimum Gasteiger partial charge on any atom is -0.332 e. The van der Waals surface area contributed by atoms with Crippen LogP contribution in [-0.4, -0.2) is 17.3 Å². The maximum absolute atomic E-state index is 13.2. The Labute approximate surface area is 107 Å². The molecule has 3 rings (SSSR count). The molecule has 0 fully saturated rings. The Hall–Kier alpha value is -1.42. The van der Waals surface area contributed by atoms with Crippen LogP contribution in [0.5, 0.6) is 0 Å². The highest BCUT2D eigenvalue weighted by atomic mass is 79.9. The van der Waals surface area contributed by atoms with E-state index in [0.29, 0.717) is 0 Å². The fourth-order valence-corrected chi connectivity index (χ4v) is 2.78. The number of hydrogen-bond donors (Lipinski definition) is 0. The molecule has 2 aromatic rings. The lowest BCUT2D eigenvalue weighted by atomic mass is 10.1. The molecular weight excluding hydrogens is 283 g/mol. The molecule has 17 heavy (non-hydrogen) atoms. The Kier molecular flexibility index (Phi) is 2.59. The fourth-order valence-electron chi connectivity index (χ4n) is 2.05. The van der Waals surface area contributed by atoms with Crippen LogP contribution < -0.4 is 0 Å². The van der Waals surface area contributed by atoms with Gasteiger partial charge < -0.3 is 4.57 Å². The molecule has 0 saturated carbocycles. The van der Waals surface area contributed by atoms with Gasteiger partial charge in [-0.25, -0.2) is 4.39 Å². The number of aliphatic imine (C=N–C) groups is 1. The zero-order chi connectivity index (χ0) is 11.8. The lowest BCUT2D eigenvalue weighted by molar-refractivity contribution is 0.628. The van der Waals surface area contributed by atoms with E-state index >= 15 is 0 Å². The molecular formula is C13H10BrFN2. The third kappa shape index (κ3) is 1.82. The first-order chi connectivity index (χ1) is 8.25. The summed E-state index contributed by atoms with van der Waals surface area (Å²) in [5.74, 6) is -0.216. The zero-order valence-corrected chi connectivity index (χ0v) is 10.6. The standard InChI is InChI=1S/C13H10BrFN2/c14-13-12(9-2-1-3-10(15)6-9)7-11-8-16-4-5-17(11)13/h1-3,6-8H,4-5H2. The molecule has 1 aromatic carbocycles. The van der Waals surface area contributed by atoms with E-state index in [0.717, 1.165) is 34.5 Å². The van der Waals surface area contributed by atoms with E-state index < -0.39 is 0 Å². The van der Waals surface area contributed by atoms with Gasteiger partial charge in [0.2, 0.25) is 0 Å². The first-order valence-corrected chi connectivity index (χ1v) is 6.20. The third-order valence-electron chi connectivity index (χ3n) is 2.88. The van der Waals surface area contributed by atoms with E-state index in [4.69, 9.17) is 0 Å². The van der Waals surface area contributed by atoms with E-state index in [1.165, 1.54) is 6.07 Å². The molecule has 0 atom stereocenters. The number of halogens is 2. The van der Waals surface area contributed by atoms with E-state index in [1.54, 1.807) is 12.1 Å². The van der Waals surface area contributed by atoms with Crippen molar-refractivity contribution >= 4 is 22.1 Å². The van der Waals surface area contributed by atoms with Gasteiger partial charge in [-0.05, 0) is 39.7 Å². The molecule has 0 amide bonds. The molecule has 0 bridgehead atoms. The highest BCUT2D eigenvalue weighted by Crippen LogP contribution is 2.32. The number of benzene rings is 1. The van der Waals surface area contributed by atoms with Crippen molar-refractivity contribution in [1.82, 2.24) is 4.57 Å². The Bertz CT molecular complexity index is 601. The van der Waals surface area contributed by atoms with Crippen molar-refractivity contribution in [2.45, 2.75) is 6.54 Å². The molecule has 2 heterocycles. The number of fused-ring (bicyclic) bond motifs is 1. The van der Waals surface area contributed by atoms with Crippen LogP contribution in [0.3, 0.4) is 0 Å². The van der Waals surface area contributed by atoms with Crippen LogP contribution in [0.15, 0.2) is 39.9 Å². The normalized spacial score (nSPS) is 13.8. The second kappa shape index (κ2) is 4.11. The maximum Gasteiger partial charge on any atom is 0.123 e. The molecule has 0 aliphatic carbocycles. The van der Waals surface area contributed by atoms with Gasteiger partial charge in [0.05, 0.1) is 16.8 Å². The van der Waals surface area contributed by atoms with Crippen molar-refractivity contribution in [3.8, 4) is 11.1 Å². The monoisotopic (exact) mass is 292 g/mol. The summed E-state index contributed by atoms with van der Waals surface area (Å²) in [4.78, 5) is 4.24. The molecule has 2 nitrogen and oxygen atoms in total. The lowest BCUT2D eigenvalue weighted by Gasteiger charge is -2.10. The van der Waals surface area contributed by atoms with E-state index in [1.807, 2.05) is 18.3 Å². The van der Waals surface area contributed by atoms with Gasteiger partial charge in [-0.3, -0.25) is 4.99 Å². The van der Waals surface area contributed by atoms with Crippen LogP contribution in [-0.2, 0) is 6.54 Å². The van der Waals surface area contributed by atoms with Gasteiger partial charge in [-0.2, -0.15) is 0 Å². The van der Waals surface area contributed by atoms with Crippen molar-refractivity contribution in [3.63, 3.8) is 0 Å². The molecule has 0 spiro atoms. The molecule has 0 radical (unpaired) electrons. The minimum atomic E-state index is -0.216. The summed E-state index contributed by atoms with van der Waals surface area (Å²) in [6, 6.07) is 8.66. The minimum absolute atomic E-state index is 0.216. The van der Waals surface area contributed by atoms with Crippen LogP contribution in [0.4, 0.5) is 4.39 Å². The van der Waals surface area contributed by atoms with Gasteiger partial charge in [0.15, 0.2) is 0 Å². The van der Waals surface area contributed by atoms with Crippen LogP contribution in [0.1, 0.15) is 5.69 Å². The average Bonchev–Trinajstić information content (AvgIpc) is 2.68. The third-order valence-corrected chi connectivity index (χ3v) is 3.73. The summed E-state index contributed by atoms with van der Waals surface area (Å²) in [5.41, 5.74) is 2.95. The van der Waals surface area contributed by atoms with Gasteiger partial charge in [-0.1, -0.05) is 12.1 Å². The number of aromatic nitrogens is 1. The number of rotatable bonds is 1.